The molecule has 0 saturated carbocycles. The summed E-state index contributed by atoms with van der Waals surface area (Å²) >= 11 is 0. The standard InChI is InChI=1S/C32H36F5N7O3/c1-18-12-22(38)27(34)25(26(18)32(35,36)37)24-13-23-21(16-46-24)28(42-10-11-44(29(45)19(2)33)20(15-42)14-39-3)41-30(40-23)47-17-31-6-4-8-43(31)9-5-7-31/h12,20,24H,2,4-11,13-17,38H2,1H3/t20-,24-/m0/s1. The smallest absolute Gasteiger partial charge is 0.417 e. The van der Waals surface area contributed by atoms with Crippen molar-refractivity contribution in [3.63, 3.8) is 0 Å². The van der Waals surface area contributed by atoms with Crippen molar-refractivity contribution in [1.29, 1.82) is 0 Å². The molecular formula is C32H36F5N7O3. The lowest BCUT2D eigenvalue weighted by molar-refractivity contribution is -0.140. The van der Waals surface area contributed by atoms with E-state index < -0.39 is 52.7 Å². The largest absolute Gasteiger partial charge is 0.461 e. The van der Waals surface area contributed by atoms with Gasteiger partial charge in [0.25, 0.3) is 5.91 Å². The fourth-order valence-corrected chi connectivity index (χ4v) is 7.66. The summed E-state index contributed by atoms with van der Waals surface area (Å²) in [5.41, 5.74) is 3.99. The molecule has 10 nitrogen and oxygen atoms in total. The molecule has 1 amide bonds. The predicted molar refractivity (Wildman–Crippen MR) is 162 cm³/mol. The van der Waals surface area contributed by atoms with E-state index in [1.165, 1.54) is 11.8 Å². The average Bonchev–Trinajstić information content (AvgIpc) is 3.61. The molecule has 4 aliphatic heterocycles. The first-order chi connectivity index (χ1) is 22.3. The van der Waals surface area contributed by atoms with Crippen LogP contribution >= 0.6 is 0 Å². The average molecular weight is 662 g/mol. The van der Waals surface area contributed by atoms with E-state index in [2.05, 4.69) is 21.3 Å². The van der Waals surface area contributed by atoms with Gasteiger partial charge in [0, 0.05) is 37.2 Å². The van der Waals surface area contributed by atoms with Crippen molar-refractivity contribution in [3.05, 3.63) is 63.7 Å². The van der Waals surface area contributed by atoms with Crippen LogP contribution in [0, 0.1) is 19.3 Å². The number of nitrogens with zero attached hydrogens (tertiary/aromatic N) is 6. The van der Waals surface area contributed by atoms with Crippen molar-refractivity contribution in [2.24, 2.45) is 0 Å². The van der Waals surface area contributed by atoms with Crippen molar-refractivity contribution >= 4 is 17.4 Å². The molecule has 1 aromatic carbocycles. The number of ether oxygens (including phenoxy) is 2. The second-order valence-corrected chi connectivity index (χ2v) is 12.7. The maximum atomic E-state index is 15.4. The molecule has 0 spiro atoms. The van der Waals surface area contributed by atoms with Gasteiger partial charge in [-0.25, -0.2) is 15.4 Å². The van der Waals surface area contributed by atoms with Crippen molar-refractivity contribution in [1.82, 2.24) is 19.8 Å². The van der Waals surface area contributed by atoms with Gasteiger partial charge in [-0.2, -0.15) is 23.1 Å². The number of rotatable bonds is 7. The van der Waals surface area contributed by atoms with Crippen molar-refractivity contribution < 1.29 is 36.2 Å². The number of alkyl halides is 3. The highest BCUT2D eigenvalue weighted by Crippen LogP contribution is 2.45. The number of fused-ring (bicyclic) bond motifs is 2. The maximum Gasteiger partial charge on any atom is 0.417 e. The van der Waals surface area contributed by atoms with Crippen LogP contribution in [0.5, 0.6) is 6.01 Å². The number of aryl methyl sites for hydroxylation is 1. The molecule has 0 unspecified atom stereocenters. The Morgan fingerprint density at radius 2 is 1.96 bits per heavy atom. The van der Waals surface area contributed by atoms with Crippen molar-refractivity contribution in [3.8, 4) is 6.01 Å². The molecule has 5 heterocycles. The van der Waals surface area contributed by atoms with Gasteiger partial charge in [0.15, 0.2) is 11.6 Å². The summed E-state index contributed by atoms with van der Waals surface area (Å²) in [6.45, 7) is 14.1. The summed E-state index contributed by atoms with van der Waals surface area (Å²) in [6, 6.07) is 0.295. The number of anilines is 2. The lowest BCUT2D eigenvalue weighted by atomic mass is 9.91. The molecule has 0 bridgehead atoms. The summed E-state index contributed by atoms with van der Waals surface area (Å²) in [7, 11) is 0. The molecule has 2 aromatic rings. The SMILES string of the molecule is [C-]#[N+]C[C@H]1CN(c2nc(OCC34CCCN3CCC4)nc3c2CO[C@H](c2c(F)c(N)cc(C)c2C(F)(F)F)C3)CCN1C(=O)C(=C)F. The lowest BCUT2D eigenvalue weighted by Gasteiger charge is -2.41. The molecule has 6 rings (SSSR count). The number of piperazine rings is 1. The first-order valence-corrected chi connectivity index (χ1v) is 15.6. The third kappa shape index (κ3) is 6.09. The fraction of sp³-hybridized carbons (Fsp3) is 0.562. The number of nitrogens with two attached hydrogens (primary N) is 1. The molecule has 2 atom stereocenters. The normalized spacial score (nSPS) is 22.5. The van der Waals surface area contributed by atoms with Crippen LogP contribution in [0.2, 0.25) is 0 Å². The van der Waals surface area contributed by atoms with E-state index in [0.29, 0.717) is 23.7 Å². The minimum Gasteiger partial charge on any atom is -0.461 e. The van der Waals surface area contributed by atoms with E-state index in [1.54, 1.807) is 0 Å². The van der Waals surface area contributed by atoms with Crippen LogP contribution in [0.1, 0.15) is 59.7 Å². The Balaban J connectivity index is 1.38. The quantitative estimate of drug-likeness (QED) is 0.196. The van der Waals surface area contributed by atoms with Crippen LogP contribution in [-0.4, -0.2) is 83.1 Å². The fourth-order valence-electron chi connectivity index (χ4n) is 7.66. The van der Waals surface area contributed by atoms with Gasteiger partial charge < -0.3 is 29.9 Å². The monoisotopic (exact) mass is 661 g/mol. The van der Waals surface area contributed by atoms with E-state index in [-0.39, 0.29) is 56.3 Å². The summed E-state index contributed by atoms with van der Waals surface area (Å²) in [6.07, 6.45) is -2.42. The number of halogens is 5. The van der Waals surface area contributed by atoms with Crippen LogP contribution in [-0.2, 0) is 28.7 Å². The van der Waals surface area contributed by atoms with E-state index in [4.69, 9.17) is 26.8 Å². The Morgan fingerprint density at radius 1 is 1.23 bits per heavy atom. The van der Waals surface area contributed by atoms with E-state index >= 15 is 4.39 Å². The molecule has 3 saturated heterocycles. The van der Waals surface area contributed by atoms with Crippen LogP contribution in [0.3, 0.4) is 0 Å². The Morgan fingerprint density at radius 3 is 2.62 bits per heavy atom. The van der Waals surface area contributed by atoms with E-state index in [9.17, 15) is 22.4 Å². The minimum atomic E-state index is -4.86. The van der Waals surface area contributed by atoms with Gasteiger partial charge in [0.05, 0.1) is 35.2 Å². The third-order valence-corrected chi connectivity index (χ3v) is 9.85. The van der Waals surface area contributed by atoms with Gasteiger partial charge in [0.2, 0.25) is 6.54 Å². The number of nitrogen functional groups attached to an aromatic ring is 1. The zero-order valence-electron chi connectivity index (χ0n) is 26.0. The highest BCUT2D eigenvalue weighted by atomic mass is 19.4. The molecule has 1 aromatic heterocycles. The summed E-state index contributed by atoms with van der Waals surface area (Å²) in [4.78, 5) is 30.8. The molecule has 0 aliphatic carbocycles. The lowest BCUT2D eigenvalue weighted by Crippen LogP contribution is -2.57. The highest BCUT2D eigenvalue weighted by molar-refractivity contribution is 5.91. The molecule has 47 heavy (non-hydrogen) atoms. The number of benzene rings is 1. The van der Waals surface area contributed by atoms with Crippen molar-refractivity contribution in [2.45, 2.75) is 69.5 Å². The first kappa shape index (κ1) is 32.9. The second-order valence-electron chi connectivity index (χ2n) is 12.7. The molecule has 3 fully saturated rings. The highest BCUT2D eigenvalue weighted by Gasteiger charge is 2.46. The van der Waals surface area contributed by atoms with E-state index in [0.717, 1.165) is 44.8 Å². The Hall–Kier alpha value is -4.03. The van der Waals surface area contributed by atoms with Crippen LogP contribution in [0.15, 0.2) is 18.5 Å². The topological polar surface area (TPSA) is 101 Å². The van der Waals surface area contributed by atoms with Crippen LogP contribution in [0.25, 0.3) is 4.85 Å². The Kier molecular flexibility index (Phi) is 8.77. The number of carbonyl (C=O) groups is 1. The molecular weight excluding hydrogens is 625 g/mol. The zero-order chi connectivity index (χ0) is 33.7. The molecule has 2 N–H and O–H groups in total. The molecule has 252 valence electrons. The summed E-state index contributed by atoms with van der Waals surface area (Å²) < 4.78 is 84.1. The van der Waals surface area contributed by atoms with E-state index in [1.807, 2.05) is 4.90 Å². The summed E-state index contributed by atoms with van der Waals surface area (Å²) in [5, 5.41) is 0. The Bertz CT molecular complexity index is 1620. The molecule has 4 aliphatic rings. The summed E-state index contributed by atoms with van der Waals surface area (Å²) in [5.74, 6) is -2.84. The predicted octanol–water partition coefficient (Wildman–Crippen LogP) is 4.77. The molecule has 15 heteroatoms. The van der Waals surface area contributed by atoms with Gasteiger partial charge in [-0.3, -0.25) is 9.69 Å². The molecule has 0 radical (unpaired) electrons. The van der Waals surface area contributed by atoms with Crippen molar-refractivity contribution in [2.75, 3.05) is 56.5 Å². The zero-order valence-corrected chi connectivity index (χ0v) is 26.0. The minimum absolute atomic E-state index is 0.0187. The van der Waals surface area contributed by atoms with Gasteiger partial charge >= 0.3 is 12.2 Å². The maximum absolute atomic E-state index is 15.4. The third-order valence-electron chi connectivity index (χ3n) is 9.85. The van der Waals surface area contributed by atoms with Gasteiger partial charge in [-0.15, -0.1) is 0 Å². The first-order valence-electron chi connectivity index (χ1n) is 15.6. The number of aromatic nitrogens is 2. The van der Waals surface area contributed by atoms with Crippen LogP contribution in [0.4, 0.5) is 33.5 Å². The van der Waals surface area contributed by atoms with Gasteiger partial charge in [-0.05, 0) is 57.3 Å². The Labute approximate surface area is 269 Å². The second kappa shape index (κ2) is 12.5. The number of carbonyl (C=O) groups excluding carboxylic acids is 1. The van der Waals surface area contributed by atoms with Gasteiger partial charge in [-0.1, -0.05) is 6.58 Å². The number of hydrogen-bond acceptors (Lipinski definition) is 8. The van der Waals surface area contributed by atoms with Crippen LogP contribution < -0.4 is 15.4 Å². The number of amides is 1. The number of hydrogen-bond donors (Lipinski definition) is 1. The van der Waals surface area contributed by atoms with Gasteiger partial charge in [0.1, 0.15) is 18.5 Å².